The highest BCUT2D eigenvalue weighted by atomic mass is 16.5. The minimum absolute atomic E-state index is 0.145. The van der Waals surface area contributed by atoms with Gasteiger partial charge in [0.15, 0.2) is 0 Å². The summed E-state index contributed by atoms with van der Waals surface area (Å²) in [6, 6.07) is 9.37. The van der Waals surface area contributed by atoms with Crippen molar-refractivity contribution in [1.29, 1.82) is 0 Å². The van der Waals surface area contributed by atoms with Crippen LogP contribution in [0.2, 0.25) is 0 Å². The Bertz CT molecular complexity index is 595. The van der Waals surface area contributed by atoms with Crippen LogP contribution >= 0.6 is 0 Å². The van der Waals surface area contributed by atoms with Crippen LogP contribution in [0.25, 0.3) is 0 Å². The van der Waals surface area contributed by atoms with Gasteiger partial charge in [0.1, 0.15) is 0 Å². The monoisotopic (exact) mass is 333 g/mol. The number of amides is 2. The first-order valence-electron chi connectivity index (χ1n) is 8.29. The van der Waals surface area contributed by atoms with Crippen LogP contribution in [-0.2, 0) is 9.59 Å². The lowest BCUT2D eigenvalue weighted by Crippen LogP contribution is -2.59. The minimum Gasteiger partial charge on any atom is -0.392 e. The summed E-state index contributed by atoms with van der Waals surface area (Å²) in [5.41, 5.74) is 2.82. The Morgan fingerprint density at radius 1 is 1.25 bits per heavy atom. The molecular weight excluding hydrogens is 310 g/mol. The topological polar surface area (TPSA) is 102 Å². The fourth-order valence-electron chi connectivity index (χ4n) is 3.67. The van der Waals surface area contributed by atoms with E-state index in [2.05, 4.69) is 17.4 Å². The first-order chi connectivity index (χ1) is 11.6. The van der Waals surface area contributed by atoms with Crippen LogP contribution in [0.15, 0.2) is 30.3 Å². The quantitative estimate of drug-likeness (QED) is 0.455. The maximum absolute atomic E-state index is 12.8. The molecule has 0 spiro atoms. The van der Waals surface area contributed by atoms with E-state index in [1.54, 1.807) is 10.4 Å². The number of likely N-dealkylation sites (tertiary alicyclic amines) is 1. The molecule has 7 heteroatoms. The van der Waals surface area contributed by atoms with Gasteiger partial charge in [-0.25, -0.2) is 5.48 Å². The maximum Gasteiger partial charge on any atom is 0.248 e. The van der Waals surface area contributed by atoms with Crippen LogP contribution in [-0.4, -0.2) is 58.8 Å². The third-order valence-electron chi connectivity index (χ3n) is 4.99. The van der Waals surface area contributed by atoms with Gasteiger partial charge < -0.3 is 15.3 Å². The van der Waals surface area contributed by atoms with E-state index < -0.39 is 24.0 Å². The number of rotatable bonds is 3. The number of hydroxylamine groups is 1. The van der Waals surface area contributed by atoms with Crippen LogP contribution in [0.4, 0.5) is 0 Å². The molecule has 24 heavy (non-hydrogen) atoms. The Balaban J connectivity index is 1.68. The van der Waals surface area contributed by atoms with E-state index in [4.69, 9.17) is 5.21 Å². The van der Waals surface area contributed by atoms with Crippen molar-refractivity contribution in [3.8, 4) is 0 Å². The molecular formula is C17H23N3O4. The predicted octanol–water partition coefficient (Wildman–Crippen LogP) is -0.153. The fourth-order valence-corrected chi connectivity index (χ4v) is 3.67. The van der Waals surface area contributed by atoms with Crippen LogP contribution in [0.1, 0.15) is 24.3 Å². The number of hydrogen-bond donors (Lipinski definition) is 4. The molecule has 0 bridgehead atoms. The summed E-state index contributed by atoms with van der Waals surface area (Å²) in [5, 5.41) is 21.6. The normalized spacial score (nSPS) is 30.2. The third kappa shape index (κ3) is 3.43. The molecule has 2 amide bonds. The molecule has 0 saturated carbocycles. The van der Waals surface area contributed by atoms with Gasteiger partial charge in [0.2, 0.25) is 11.8 Å². The first-order valence-corrected chi connectivity index (χ1v) is 8.29. The molecule has 4 N–H and O–H groups in total. The second kappa shape index (κ2) is 7.29. The molecule has 4 atom stereocenters. The molecule has 2 aliphatic rings. The lowest BCUT2D eigenvalue weighted by Gasteiger charge is -2.35. The number of aliphatic hydroxyl groups is 1. The molecule has 7 nitrogen and oxygen atoms in total. The zero-order chi connectivity index (χ0) is 17.1. The van der Waals surface area contributed by atoms with Gasteiger partial charge in [-0.15, -0.1) is 0 Å². The van der Waals surface area contributed by atoms with Crippen LogP contribution in [0.3, 0.4) is 0 Å². The first kappa shape index (κ1) is 16.9. The van der Waals surface area contributed by atoms with E-state index in [0.717, 1.165) is 6.42 Å². The number of carbonyl (C=O) groups is 2. The van der Waals surface area contributed by atoms with Crippen molar-refractivity contribution in [3.63, 3.8) is 0 Å². The molecule has 130 valence electrons. The summed E-state index contributed by atoms with van der Waals surface area (Å²) in [7, 11) is 0. The van der Waals surface area contributed by atoms with Gasteiger partial charge in [0.25, 0.3) is 0 Å². The highest BCUT2D eigenvalue weighted by Crippen LogP contribution is 2.29. The lowest BCUT2D eigenvalue weighted by atomic mass is 9.88. The third-order valence-corrected chi connectivity index (χ3v) is 4.99. The summed E-state index contributed by atoms with van der Waals surface area (Å²) in [6.07, 6.45) is 0.347. The summed E-state index contributed by atoms with van der Waals surface area (Å²) in [4.78, 5) is 26.4. The zero-order valence-electron chi connectivity index (χ0n) is 13.4. The molecule has 2 aliphatic heterocycles. The average Bonchev–Trinajstić information content (AvgIpc) is 3.11. The molecule has 0 aromatic heterocycles. The Morgan fingerprint density at radius 3 is 2.71 bits per heavy atom. The Hall–Kier alpha value is -1.96. The largest absolute Gasteiger partial charge is 0.392 e. The summed E-state index contributed by atoms with van der Waals surface area (Å²) < 4.78 is 0. The Morgan fingerprint density at radius 2 is 2.00 bits per heavy atom. The molecule has 3 unspecified atom stereocenters. The predicted molar refractivity (Wildman–Crippen MR) is 86.2 cm³/mol. The molecule has 0 radical (unpaired) electrons. The van der Waals surface area contributed by atoms with E-state index in [-0.39, 0.29) is 18.9 Å². The number of piperidine rings is 1. The van der Waals surface area contributed by atoms with Crippen molar-refractivity contribution in [2.75, 3.05) is 19.6 Å². The second-order valence-electron chi connectivity index (χ2n) is 6.54. The molecule has 2 fully saturated rings. The second-order valence-corrected chi connectivity index (χ2v) is 6.54. The lowest BCUT2D eigenvalue weighted by molar-refractivity contribution is -0.145. The number of aliphatic hydroxyl groups excluding tert-OH is 1. The average molecular weight is 333 g/mol. The fraction of sp³-hybridized carbons (Fsp3) is 0.529. The molecule has 1 aromatic carbocycles. The number of nitrogens with zero attached hydrogens (tertiary/aromatic N) is 1. The van der Waals surface area contributed by atoms with Gasteiger partial charge in [0.05, 0.1) is 18.1 Å². The van der Waals surface area contributed by atoms with Crippen molar-refractivity contribution in [2.24, 2.45) is 5.92 Å². The number of carbonyl (C=O) groups excluding carboxylic acids is 2. The summed E-state index contributed by atoms with van der Waals surface area (Å²) in [6.45, 7) is 1.53. The van der Waals surface area contributed by atoms with Crippen molar-refractivity contribution >= 4 is 11.8 Å². The molecule has 3 rings (SSSR count). The van der Waals surface area contributed by atoms with Crippen LogP contribution in [0, 0.1) is 5.92 Å². The Kier molecular flexibility index (Phi) is 5.13. The van der Waals surface area contributed by atoms with Crippen LogP contribution < -0.4 is 10.8 Å². The van der Waals surface area contributed by atoms with Crippen molar-refractivity contribution in [2.45, 2.75) is 30.9 Å². The van der Waals surface area contributed by atoms with Gasteiger partial charge in [0, 0.05) is 25.6 Å². The Labute approximate surface area is 140 Å². The van der Waals surface area contributed by atoms with Crippen molar-refractivity contribution in [1.82, 2.24) is 15.7 Å². The van der Waals surface area contributed by atoms with Gasteiger partial charge in [-0.1, -0.05) is 30.3 Å². The number of benzene rings is 1. The van der Waals surface area contributed by atoms with Crippen molar-refractivity contribution < 1.29 is 19.9 Å². The van der Waals surface area contributed by atoms with Gasteiger partial charge in [-0.3, -0.25) is 14.8 Å². The highest BCUT2D eigenvalue weighted by molar-refractivity contribution is 5.90. The van der Waals surface area contributed by atoms with E-state index in [0.29, 0.717) is 19.0 Å². The van der Waals surface area contributed by atoms with Gasteiger partial charge in [-0.2, -0.15) is 0 Å². The van der Waals surface area contributed by atoms with Crippen molar-refractivity contribution in [3.05, 3.63) is 35.9 Å². The molecule has 2 heterocycles. The smallest absolute Gasteiger partial charge is 0.248 e. The van der Waals surface area contributed by atoms with Gasteiger partial charge in [-0.05, 0) is 18.4 Å². The molecule has 1 aromatic rings. The number of hydrogen-bond acceptors (Lipinski definition) is 5. The van der Waals surface area contributed by atoms with Crippen LogP contribution in [0.5, 0.6) is 0 Å². The standard InChI is InChI=1S/C17H23N3O4/c21-13-8-14(16(22)19-24)15(18-9-13)17(23)20-7-6-12(10-20)11-4-2-1-3-5-11/h1-5,12-15,18,21,24H,6-10H2,(H,19,22)/t12-,13?,14?,15?/m0/s1. The maximum atomic E-state index is 12.8. The van der Waals surface area contributed by atoms with E-state index in [1.807, 2.05) is 18.2 Å². The summed E-state index contributed by atoms with van der Waals surface area (Å²) >= 11 is 0. The van der Waals surface area contributed by atoms with E-state index in [9.17, 15) is 14.7 Å². The number of nitrogens with one attached hydrogen (secondary N) is 2. The molecule has 2 saturated heterocycles. The number of β-amino-alcohol motifs (C(OH)–C–C–N with tert-alkyl or cyclic N) is 1. The van der Waals surface area contributed by atoms with E-state index >= 15 is 0 Å². The highest BCUT2D eigenvalue weighted by Gasteiger charge is 2.41. The summed E-state index contributed by atoms with van der Waals surface area (Å²) in [5.74, 6) is -1.26. The van der Waals surface area contributed by atoms with E-state index in [1.165, 1.54) is 5.56 Å². The van der Waals surface area contributed by atoms with Gasteiger partial charge >= 0.3 is 0 Å². The minimum atomic E-state index is -0.776. The molecule has 0 aliphatic carbocycles. The SMILES string of the molecule is O=C(NO)C1CC(O)CNC1C(=O)N1CC[C@H](c2ccccc2)C1. The zero-order valence-corrected chi connectivity index (χ0v) is 13.4.